The average Bonchev–Trinajstić information content (AvgIpc) is 3.34. The molecular weight excluding hydrogens is 354 g/mol. The number of nitrogens with one attached hydrogen (secondary N) is 2. The van der Waals surface area contributed by atoms with Crippen molar-refractivity contribution < 1.29 is 9.59 Å². The minimum Gasteiger partial charge on any atom is -0.346 e. The Hall–Kier alpha value is -1.70. The van der Waals surface area contributed by atoms with Crippen molar-refractivity contribution in [1.82, 2.24) is 15.5 Å². The largest absolute Gasteiger partial charge is 0.346 e. The highest BCUT2D eigenvalue weighted by atomic mass is 32.1. The van der Waals surface area contributed by atoms with Gasteiger partial charge >= 0.3 is 11.8 Å². The second-order valence-corrected chi connectivity index (χ2v) is 7.95. The molecule has 1 aliphatic heterocycles. The van der Waals surface area contributed by atoms with Gasteiger partial charge < -0.3 is 10.6 Å². The van der Waals surface area contributed by atoms with Crippen LogP contribution in [0.15, 0.2) is 34.3 Å². The minimum absolute atomic E-state index is 0.139. The summed E-state index contributed by atoms with van der Waals surface area (Å²) in [7, 11) is 0. The fourth-order valence-electron chi connectivity index (χ4n) is 3.08. The van der Waals surface area contributed by atoms with Gasteiger partial charge in [0.15, 0.2) is 0 Å². The first kappa shape index (κ1) is 18.1. The Bertz CT molecular complexity index is 665. The lowest BCUT2D eigenvalue weighted by molar-refractivity contribution is -0.139. The number of hydrogen-bond donors (Lipinski definition) is 2. The quantitative estimate of drug-likeness (QED) is 0.761. The Morgan fingerprint density at radius 1 is 1.08 bits per heavy atom. The van der Waals surface area contributed by atoms with Gasteiger partial charge in [0, 0.05) is 11.4 Å². The monoisotopic (exact) mass is 377 g/mol. The maximum Gasteiger partial charge on any atom is 0.309 e. The molecule has 0 aliphatic carbocycles. The normalized spacial score (nSPS) is 16.3. The number of carbonyl (C=O) groups is 2. The van der Waals surface area contributed by atoms with E-state index in [4.69, 9.17) is 0 Å². The van der Waals surface area contributed by atoms with Crippen LogP contribution in [0.25, 0.3) is 0 Å². The molecule has 2 N–H and O–H groups in total. The smallest absolute Gasteiger partial charge is 0.309 e. The van der Waals surface area contributed by atoms with Crippen LogP contribution in [0, 0.1) is 0 Å². The molecule has 5 nitrogen and oxygen atoms in total. The third-order valence-electron chi connectivity index (χ3n) is 4.42. The summed E-state index contributed by atoms with van der Waals surface area (Å²) in [5.41, 5.74) is 1.21. The van der Waals surface area contributed by atoms with Crippen LogP contribution in [0.3, 0.4) is 0 Å². The molecule has 134 valence electrons. The highest BCUT2D eigenvalue weighted by molar-refractivity contribution is 7.09. The van der Waals surface area contributed by atoms with Gasteiger partial charge in [0.1, 0.15) is 0 Å². The molecule has 0 radical (unpaired) electrons. The van der Waals surface area contributed by atoms with E-state index < -0.39 is 11.8 Å². The molecule has 7 heteroatoms. The molecule has 1 atom stereocenters. The molecule has 0 saturated carbocycles. The van der Waals surface area contributed by atoms with Crippen LogP contribution in [0.4, 0.5) is 0 Å². The SMILES string of the molecule is O=C(NCc1cccs1)C(=O)NCC(c1ccsc1)N1CCCCC1. The molecular formula is C18H23N3O2S2. The van der Waals surface area contributed by atoms with E-state index in [1.807, 2.05) is 17.5 Å². The van der Waals surface area contributed by atoms with Crippen molar-refractivity contribution in [1.29, 1.82) is 0 Å². The minimum atomic E-state index is -0.573. The van der Waals surface area contributed by atoms with Crippen LogP contribution in [0.1, 0.15) is 35.7 Å². The first-order valence-electron chi connectivity index (χ1n) is 8.58. The summed E-state index contributed by atoms with van der Waals surface area (Å²) < 4.78 is 0. The third kappa shape index (κ3) is 5.14. The van der Waals surface area contributed by atoms with E-state index in [2.05, 4.69) is 32.4 Å². The van der Waals surface area contributed by atoms with E-state index in [1.165, 1.54) is 24.8 Å². The standard InChI is InChI=1S/C18H23N3O2S2/c22-17(19-11-15-5-4-9-25-15)18(23)20-12-16(14-6-10-24-13-14)21-7-2-1-3-8-21/h4-6,9-10,13,16H,1-3,7-8,11-12H2,(H,19,22)(H,20,23). The number of likely N-dealkylation sites (tertiary alicyclic amines) is 1. The Morgan fingerprint density at radius 2 is 1.88 bits per heavy atom. The fourth-order valence-corrected chi connectivity index (χ4v) is 4.43. The molecule has 1 unspecified atom stereocenters. The van der Waals surface area contributed by atoms with E-state index >= 15 is 0 Å². The van der Waals surface area contributed by atoms with Gasteiger partial charge in [0.2, 0.25) is 0 Å². The lowest BCUT2D eigenvalue weighted by atomic mass is 10.0. The molecule has 0 spiro atoms. The topological polar surface area (TPSA) is 61.4 Å². The Kier molecular flexibility index (Phi) is 6.61. The maximum atomic E-state index is 12.1. The van der Waals surface area contributed by atoms with Gasteiger partial charge in [-0.25, -0.2) is 0 Å². The van der Waals surface area contributed by atoms with E-state index in [0.717, 1.165) is 18.0 Å². The highest BCUT2D eigenvalue weighted by Gasteiger charge is 2.24. The maximum absolute atomic E-state index is 12.1. The Labute approximate surface area is 156 Å². The van der Waals surface area contributed by atoms with Gasteiger partial charge in [0.05, 0.1) is 12.6 Å². The molecule has 25 heavy (non-hydrogen) atoms. The summed E-state index contributed by atoms with van der Waals surface area (Å²) in [6.07, 6.45) is 3.65. The van der Waals surface area contributed by atoms with E-state index in [-0.39, 0.29) is 6.04 Å². The molecule has 1 saturated heterocycles. The predicted octanol–water partition coefficient (Wildman–Crippen LogP) is 2.77. The van der Waals surface area contributed by atoms with Crippen molar-refractivity contribution >= 4 is 34.5 Å². The average molecular weight is 378 g/mol. The third-order valence-corrected chi connectivity index (χ3v) is 6.00. The zero-order chi connectivity index (χ0) is 17.5. The van der Waals surface area contributed by atoms with Crippen molar-refractivity contribution in [2.45, 2.75) is 31.8 Å². The van der Waals surface area contributed by atoms with Crippen molar-refractivity contribution in [3.05, 3.63) is 44.8 Å². The summed E-state index contributed by atoms with van der Waals surface area (Å²) in [6.45, 7) is 2.94. The predicted molar refractivity (Wildman–Crippen MR) is 102 cm³/mol. The summed E-state index contributed by atoms with van der Waals surface area (Å²) in [5, 5.41) is 11.6. The summed E-state index contributed by atoms with van der Waals surface area (Å²) >= 11 is 3.22. The van der Waals surface area contributed by atoms with E-state index in [9.17, 15) is 9.59 Å². The van der Waals surface area contributed by atoms with Crippen molar-refractivity contribution in [2.75, 3.05) is 19.6 Å². The second kappa shape index (κ2) is 9.12. The number of thiophene rings is 2. The molecule has 2 amide bonds. The second-order valence-electron chi connectivity index (χ2n) is 6.14. The molecule has 2 aromatic heterocycles. The van der Waals surface area contributed by atoms with Crippen LogP contribution >= 0.6 is 22.7 Å². The molecule has 1 fully saturated rings. The molecule has 3 heterocycles. The molecule has 0 aromatic carbocycles. The van der Waals surface area contributed by atoms with Crippen LogP contribution in [-0.4, -0.2) is 36.3 Å². The first-order valence-corrected chi connectivity index (χ1v) is 10.4. The summed E-state index contributed by atoms with van der Waals surface area (Å²) in [4.78, 5) is 27.6. The lowest BCUT2D eigenvalue weighted by Crippen LogP contribution is -2.44. The van der Waals surface area contributed by atoms with E-state index in [0.29, 0.717) is 13.1 Å². The van der Waals surface area contributed by atoms with Gasteiger partial charge in [0.25, 0.3) is 0 Å². The molecule has 1 aliphatic rings. The van der Waals surface area contributed by atoms with Crippen LogP contribution in [0.2, 0.25) is 0 Å². The number of amides is 2. The van der Waals surface area contributed by atoms with Crippen molar-refractivity contribution in [2.24, 2.45) is 0 Å². The van der Waals surface area contributed by atoms with Gasteiger partial charge in [-0.3, -0.25) is 14.5 Å². The van der Waals surface area contributed by atoms with Crippen molar-refractivity contribution in [3.8, 4) is 0 Å². The molecule has 3 rings (SSSR count). The number of nitrogens with zero attached hydrogens (tertiary/aromatic N) is 1. The van der Waals surface area contributed by atoms with Crippen LogP contribution in [0.5, 0.6) is 0 Å². The number of hydrogen-bond acceptors (Lipinski definition) is 5. The fraction of sp³-hybridized carbons (Fsp3) is 0.444. The Balaban J connectivity index is 1.52. The first-order chi connectivity index (χ1) is 12.2. The van der Waals surface area contributed by atoms with Crippen LogP contribution in [-0.2, 0) is 16.1 Å². The number of piperidine rings is 1. The summed E-state index contributed by atoms with van der Waals surface area (Å²) in [6, 6.07) is 6.11. The van der Waals surface area contributed by atoms with E-state index in [1.54, 1.807) is 22.7 Å². The molecule has 0 bridgehead atoms. The van der Waals surface area contributed by atoms with Gasteiger partial charge in [-0.1, -0.05) is 12.5 Å². The number of carbonyl (C=O) groups excluding carboxylic acids is 2. The molecule has 2 aromatic rings. The lowest BCUT2D eigenvalue weighted by Gasteiger charge is -2.34. The van der Waals surface area contributed by atoms with Crippen LogP contribution < -0.4 is 10.6 Å². The zero-order valence-corrected chi connectivity index (χ0v) is 15.7. The van der Waals surface area contributed by atoms with Gasteiger partial charge in [-0.15, -0.1) is 11.3 Å². The summed E-state index contributed by atoms with van der Waals surface area (Å²) in [5.74, 6) is -1.13. The zero-order valence-electron chi connectivity index (χ0n) is 14.1. The van der Waals surface area contributed by atoms with Crippen molar-refractivity contribution in [3.63, 3.8) is 0 Å². The van der Waals surface area contributed by atoms with Gasteiger partial charge in [-0.05, 0) is 59.8 Å². The van der Waals surface area contributed by atoms with Gasteiger partial charge in [-0.2, -0.15) is 11.3 Å². The number of rotatable bonds is 6. The Morgan fingerprint density at radius 3 is 2.56 bits per heavy atom. The highest BCUT2D eigenvalue weighted by Crippen LogP contribution is 2.25.